The number of rotatable bonds is 34. The van der Waals surface area contributed by atoms with E-state index >= 15 is 0 Å². The number of carbonyl (C=O) groups excluding carboxylic acids is 8. The monoisotopic (exact) mass is 904 g/mol. The van der Waals surface area contributed by atoms with E-state index in [0.717, 1.165) is 5.56 Å². The second-order valence-electron chi connectivity index (χ2n) is 15.2. The first-order valence-electron chi connectivity index (χ1n) is 21.7. The van der Waals surface area contributed by atoms with Gasteiger partial charge in [0.15, 0.2) is 5.96 Å². The first-order chi connectivity index (χ1) is 30.4. The number of guanidine groups is 1. The van der Waals surface area contributed by atoms with Crippen LogP contribution in [0.3, 0.4) is 0 Å². The van der Waals surface area contributed by atoms with E-state index in [-0.39, 0.29) is 128 Å². The Bertz CT molecular complexity index is 1650. The Morgan fingerprint density at radius 2 is 1.00 bits per heavy atom. The maximum absolute atomic E-state index is 13.5. The first kappa shape index (κ1) is 56.1. The summed E-state index contributed by atoms with van der Waals surface area (Å²) in [7, 11) is 0. The zero-order valence-electron chi connectivity index (χ0n) is 37.3. The number of unbranched alkanes of at least 4 members (excludes halogenated alkanes) is 1. The van der Waals surface area contributed by atoms with E-state index in [1.54, 1.807) is 0 Å². The van der Waals surface area contributed by atoms with Gasteiger partial charge in [-0.25, -0.2) is 0 Å². The third-order valence-corrected chi connectivity index (χ3v) is 9.81. The lowest BCUT2D eigenvalue weighted by Gasteiger charge is -2.27. The number of primary amides is 1. The molecule has 1 aromatic carbocycles. The Kier molecular flexibility index (Phi) is 28.7. The maximum atomic E-state index is 13.5. The molecule has 0 aliphatic carbocycles. The lowest BCUT2D eigenvalue weighted by Crippen LogP contribution is -2.49. The zero-order valence-corrected chi connectivity index (χ0v) is 37.3. The lowest BCUT2D eigenvalue weighted by molar-refractivity contribution is -0.135. The van der Waals surface area contributed by atoms with Gasteiger partial charge in [-0.1, -0.05) is 36.8 Å². The molecule has 0 aliphatic rings. The summed E-state index contributed by atoms with van der Waals surface area (Å²) in [5.74, 6) is -3.44. The smallest absolute Gasteiger partial charge is 0.239 e. The molecule has 0 saturated carbocycles. The molecule has 0 aliphatic heterocycles. The van der Waals surface area contributed by atoms with Gasteiger partial charge in [-0.2, -0.15) is 0 Å². The summed E-state index contributed by atoms with van der Waals surface area (Å²) < 4.78 is 0. The SMILES string of the molecule is CC(=O)NCCN(CCC(=O)NCCN(CCC(=O)NCCN(CCC(=O)NCCC(N)=O)C(=O)[C@@H](N)CCCN=C(N)N)C(=O)[C@@H](N)CCCCN)C(=O)[C@@H](N)Cc1ccccc1. The highest BCUT2D eigenvalue weighted by molar-refractivity contribution is 5.85. The molecule has 23 nitrogen and oxygen atoms in total. The lowest BCUT2D eigenvalue weighted by atomic mass is 10.1. The van der Waals surface area contributed by atoms with Crippen LogP contribution in [0, 0.1) is 0 Å². The molecule has 0 unspecified atom stereocenters. The Labute approximate surface area is 375 Å². The zero-order chi connectivity index (χ0) is 47.9. The van der Waals surface area contributed by atoms with E-state index in [9.17, 15) is 38.4 Å². The summed E-state index contributed by atoms with van der Waals surface area (Å²) in [6.45, 7) is 2.44. The molecule has 3 atom stereocenters. The summed E-state index contributed by atoms with van der Waals surface area (Å²) in [4.78, 5) is 109. The van der Waals surface area contributed by atoms with Crippen molar-refractivity contribution in [1.29, 1.82) is 0 Å². The molecule has 360 valence electrons. The average Bonchev–Trinajstić information content (AvgIpc) is 3.25. The molecule has 0 radical (unpaired) electrons. The third kappa shape index (κ3) is 25.9. The van der Waals surface area contributed by atoms with Gasteiger partial charge >= 0.3 is 0 Å². The Balaban J connectivity index is 2.90. The number of aliphatic imine (C=N–C) groups is 1. The molecule has 0 heterocycles. The molecule has 0 bridgehead atoms. The van der Waals surface area contributed by atoms with Crippen LogP contribution in [-0.4, -0.2) is 165 Å². The Morgan fingerprint density at radius 1 is 0.562 bits per heavy atom. The van der Waals surface area contributed by atoms with Crippen molar-refractivity contribution >= 4 is 53.2 Å². The molecule has 0 fully saturated rings. The molecule has 1 rings (SSSR count). The van der Waals surface area contributed by atoms with Gasteiger partial charge in [-0.05, 0) is 44.2 Å². The van der Waals surface area contributed by atoms with Crippen molar-refractivity contribution in [3.05, 3.63) is 35.9 Å². The largest absolute Gasteiger partial charge is 0.370 e. The third-order valence-electron chi connectivity index (χ3n) is 9.81. The van der Waals surface area contributed by atoms with Crippen LogP contribution < -0.4 is 61.4 Å². The van der Waals surface area contributed by atoms with Crippen LogP contribution in [0.1, 0.15) is 70.3 Å². The molecule has 18 N–H and O–H groups in total. The van der Waals surface area contributed by atoms with Crippen LogP contribution in [0.4, 0.5) is 0 Å². The number of nitrogens with one attached hydrogen (secondary N) is 4. The number of nitrogens with two attached hydrogens (primary N) is 7. The van der Waals surface area contributed by atoms with Crippen molar-refractivity contribution in [2.45, 2.75) is 89.3 Å². The second-order valence-corrected chi connectivity index (χ2v) is 15.2. The fourth-order valence-corrected chi connectivity index (χ4v) is 6.26. The van der Waals surface area contributed by atoms with E-state index in [4.69, 9.17) is 40.1 Å². The van der Waals surface area contributed by atoms with Crippen molar-refractivity contribution in [3.8, 4) is 0 Å². The molecule has 8 amide bonds. The standard InChI is InChI=1S/C41H73N15O8/c1-29(57)49-19-25-56(40(64)33(45)28-30-8-3-2-4-9-30)24-15-37(61)52-20-26-54(38(62)31(43)10-5-6-16-42)23-14-36(60)51-21-27-55(22-13-35(59)50-18-12-34(46)58)39(63)32(44)11-7-17-53-41(47)48/h2-4,8-9,31-33H,5-7,10-28,42-45H2,1H3,(H2,46,58)(H,49,57)(H,50,59)(H,51,60)(H,52,61)(H4,47,48,53)/t31-,32-,33-/m0/s1. The number of carbonyl (C=O) groups is 8. The normalized spacial score (nSPS) is 12.1. The van der Waals surface area contributed by atoms with Gasteiger partial charge in [0.25, 0.3) is 0 Å². The van der Waals surface area contributed by atoms with Crippen LogP contribution in [0.15, 0.2) is 35.3 Å². The Morgan fingerprint density at radius 3 is 1.44 bits per heavy atom. The summed E-state index contributed by atoms with van der Waals surface area (Å²) in [6, 6.07) is 6.59. The van der Waals surface area contributed by atoms with Crippen molar-refractivity contribution in [2.24, 2.45) is 45.1 Å². The van der Waals surface area contributed by atoms with E-state index in [0.29, 0.717) is 32.2 Å². The minimum absolute atomic E-state index is 0.00130. The second kappa shape index (κ2) is 32.7. The molecule has 0 saturated heterocycles. The first-order valence-corrected chi connectivity index (χ1v) is 21.7. The van der Waals surface area contributed by atoms with Crippen molar-refractivity contribution in [2.75, 3.05) is 78.5 Å². The van der Waals surface area contributed by atoms with Crippen LogP contribution >= 0.6 is 0 Å². The van der Waals surface area contributed by atoms with Crippen molar-refractivity contribution in [1.82, 2.24) is 36.0 Å². The molecule has 1 aromatic rings. The summed E-state index contributed by atoms with van der Waals surface area (Å²) in [5.41, 5.74) is 41.0. The topological polar surface area (TPSA) is 389 Å². The van der Waals surface area contributed by atoms with Crippen LogP contribution in [0.2, 0.25) is 0 Å². The Hall–Kier alpha value is -5.91. The average molecular weight is 904 g/mol. The van der Waals surface area contributed by atoms with Gasteiger partial charge in [0.1, 0.15) is 0 Å². The van der Waals surface area contributed by atoms with E-state index in [2.05, 4.69) is 26.3 Å². The minimum atomic E-state index is -0.934. The van der Waals surface area contributed by atoms with E-state index in [1.165, 1.54) is 21.6 Å². The molecule has 0 spiro atoms. The van der Waals surface area contributed by atoms with Gasteiger partial charge in [0, 0.05) is 105 Å². The van der Waals surface area contributed by atoms with Gasteiger partial charge < -0.3 is 76.1 Å². The number of hydrogen-bond acceptors (Lipinski definition) is 13. The fourth-order valence-electron chi connectivity index (χ4n) is 6.26. The fraction of sp³-hybridized carbons (Fsp3) is 0.634. The highest BCUT2D eigenvalue weighted by Gasteiger charge is 2.25. The number of amides is 8. The summed E-state index contributed by atoms with van der Waals surface area (Å²) in [5, 5.41) is 10.7. The molecule has 0 aromatic heterocycles. The molecule has 64 heavy (non-hydrogen) atoms. The highest BCUT2D eigenvalue weighted by atomic mass is 16.2. The van der Waals surface area contributed by atoms with Crippen LogP contribution in [0.25, 0.3) is 0 Å². The number of hydrogen-bond donors (Lipinski definition) is 11. The quantitative estimate of drug-likeness (QED) is 0.0176. The van der Waals surface area contributed by atoms with Gasteiger partial charge in [-0.3, -0.25) is 43.3 Å². The summed E-state index contributed by atoms with van der Waals surface area (Å²) in [6.07, 6.45) is 2.25. The van der Waals surface area contributed by atoms with Gasteiger partial charge in [-0.15, -0.1) is 0 Å². The summed E-state index contributed by atoms with van der Waals surface area (Å²) >= 11 is 0. The molecular formula is C41H73N15O8. The highest BCUT2D eigenvalue weighted by Crippen LogP contribution is 2.07. The molecule has 23 heteroatoms. The van der Waals surface area contributed by atoms with Crippen molar-refractivity contribution < 1.29 is 38.4 Å². The molecular weight excluding hydrogens is 831 g/mol. The minimum Gasteiger partial charge on any atom is -0.370 e. The van der Waals surface area contributed by atoms with Crippen LogP contribution in [-0.2, 0) is 44.8 Å². The predicted molar refractivity (Wildman–Crippen MR) is 242 cm³/mol. The predicted octanol–water partition coefficient (Wildman–Crippen LogP) is -4.59. The van der Waals surface area contributed by atoms with E-state index < -0.39 is 53.6 Å². The van der Waals surface area contributed by atoms with Crippen LogP contribution in [0.5, 0.6) is 0 Å². The van der Waals surface area contributed by atoms with Gasteiger partial charge in [0.05, 0.1) is 18.1 Å². The maximum Gasteiger partial charge on any atom is 0.239 e. The van der Waals surface area contributed by atoms with Crippen molar-refractivity contribution in [3.63, 3.8) is 0 Å². The van der Waals surface area contributed by atoms with E-state index in [1.807, 2.05) is 30.3 Å². The number of nitrogens with zero attached hydrogens (tertiary/aromatic N) is 4. The number of benzene rings is 1. The van der Waals surface area contributed by atoms with Gasteiger partial charge in [0.2, 0.25) is 47.3 Å².